The highest BCUT2D eigenvalue weighted by molar-refractivity contribution is 5.32. The van der Waals surface area contributed by atoms with E-state index < -0.39 is 0 Å². The van der Waals surface area contributed by atoms with E-state index in [4.69, 9.17) is 0 Å². The molecule has 0 unspecified atom stereocenters. The van der Waals surface area contributed by atoms with Crippen molar-refractivity contribution in [2.45, 2.75) is 25.4 Å². The van der Waals surface area contributed by atoms with Crippen molar-refractivity contribution in [1.82, 2.24) is 10.2 Å². The summed E-state index contributed by atoms with van der Waals surface area (Å²) in [6.07, 6.45) is 2.49. The molecule has 2 aliphatic rings. The number of benzene rings is 2. The van der Waals surface area contributed by atoms with Gasteiger partial charge in [-0.05, 0) is 35.4 Å². The Labute approximate surface area is 133 Å². The van der Waals surface area contributed by atoms with Crippen LogP contribution in [-0.2, 0) is 19.4 Å². The van der Waals surface area contributed by atoms with Crippen molar-refractivity contribution >= 4 is 0 Å². The summed E-state index contributed by atoms with van der Waals surface area (Å²) in [6, 6.07) is 20.5. The van der Waals surface area contributed by atoms with Crippen LogP contribution < -0.4 is 5.32 Å². The Morgan fingerprint density at radius 1 is 0.909 bits per heavy atom. The predicted octanol–water partition coefficient (Wildman–Crippen LogP) is 2.88. The van der Waals surface area contributed by atoms with Gasteiger partial charge in [0.1, 0.15) is 0 Å². The minimum atomic E-state index is 0.630. The lowest BCUT2D eigenvalue weighted by Gasteiger charge is -2.36. The molecule has 2 aromatic carbocycles. The molecule has 2 aromatic rings. The summed E-state index contributed by atoms with van der Waals surface area (Å²) in [4.78, 5) is 2.61. The molecule has 0 bridgehead atoms. The molecule has 2 nitrogen and oxygen atoms in total. The molecule has 1 fully saturated rings. The van der Waals surface area contributed by atoms with Crippen LogP contribution in [0.25, 0.3) is 0 Å². The molecular weight excluding hydrogens is 268 g/mol. The van der Waals surface area contributed by atoms with Crippen LogP contribution in [0, 0.1) is 5.92 Å². The summed E-state index contributed by atoms with van der Waals surface area (Å²) in [6.45, 7) is 4.53. The molecule has 1 N–H and O–H groups in total. The monoisotopic (exact) mass is 292 g/mol. The molecule has 1 aliphatic heterocycles. The molecule has 1 saturated heterocycles. The topological polar surface area (TPSA) is 15.3 Å². The zero-order valence-corrected chi connectivity index (χ0v) is 13.0. The van der Waals surface area contributed by atoms with Gasteiger partial charge < -0.3 is 5.32 Å². The van der Waals surface area contributed by atoms with E-state index in [2.05, 4.69) is 64.8 Å². The molecular formula is C20H24N2. The highest BCUT2D eigenvalue weighted by Gasteiger charge is 2.31. The van der Waals surface area contributed by atoms with Gasteiger partial charge >= 0.3 is 0 Å². The number of nitrogens with zero attached hydrogens (tertiary/aromatic N) is 1. The first-order valence-electron chi connectivity index (χ1n) is 8.45. The normalized spacial score (nSPS) is 22.6. The number of fused-ring (bicyclic) bond motifs is 1. The third-order valence-corrected chi connectivity index (χ3v) is 5.19. The molecule has 22 heavy (non-hydrogen) atoms. The van der Waals surface area contributed by atoms with Gasteiger partial charge in [0.15, 0.2) is 0 Å². The maximum absolute atomic E-state index is 3.77. The van der Waals surface area contributed by atoms with Crippen LogP contribution in [0.2, 0.25) is 0 Å². The molecule has 1 atom stereocenters. The fourth-order valence-electron chi connectivity index (χ4n) is 4.02. The highest BCUT2D eigenvalue weighted by atomic mass is 15.2. The Morgan fingerprint density at radius 2 is 1.59 bits per heavy atom. The van der Waals surface area contributed by atoms with E-state index >= 15 is 0 Å². The van der Waals surface area contributed by atoms with Crippen LogP contribution in [0.1, 0.15) is 16.7 Å². The smallest absolute Gasteiger partial charge is 0.0234 e. The fraction of sp³-hybridized carbons (Fsp3) is 0.400. The van der Waals surface area contributed by atoms with Gasteiger partial charge in [-0.15, -0.1) is 0 Å². The zero-order chi connectivity index (χ0) is 14.8. The second-order valence-corrected chi connectivity index (χ2v) is 6.72. The Kier molecular flexibility index (Phi) is 3.96. The third-order valence-electron chi connectivity index (χ3n) is 5.19. The van der Waals surface area contributed by atoms with Gasteiger partial charge in [0.25, 0.3) is 0 Å². The SMILES string of the molecule is c1ccc(CN2CCN[C@H](C3Cc4ccccc4C3)C2)cc1. The van der Waals surface area contributed by atoms with E-state index in [0.29, 0.717) is 6.04 Å². The van der Waals surface area contributed by atoms with Crippen molar-refractivity contribution in [3.05, 3.63) is 71.3 Å². The Hall–Kier alpha value is -1.64. The number of nitrogens with one attached hydrogen (secondary N) is 1. The van der Waals surface area contributed by atoms with Crippen molar-refractivity contribution in [1.29, 1.82) is 0 Å². The van der Waals surface area contributed by atoms with Gasteiger partial charge in [-0.2, -0.15) is 0 Å². The van der Waals surface area contributed by atoms with E-state index in [1.807, 2.05) is 0 Å². The van der Waals surface area contributed by atoms with Crippen molar-refractivity contribution < 1.29 is 0 Å². The average molecular weight is 292 g/mol. The fourth-order valence-corrected chi connectivity index (χ4v) is 4.02. The summed E-state index contributed by atoms with van der Waals surface area (Å²) < 4.78 is 0. The summed E-state index contributed by atoms with van der Waals surface area (Å²) in [5.41, 5.74) is 4.56. The van der Waals surface area contributed by atoms with Crippen LogP contribution in [0.3, 0.4) is 0 Å². The lowest BCUT2D eigenvalue weighted by molar-refractivity contribution is 0.161. The number of rotatable bonds is 3. The maximum Gasteiger partial charge on any atom is 0.0234 e. The highest BCUT2D eigenvalue weighted by Crippen LogP contribution is 2.29. The third kappa shape index (κ3) is 2.94. The maximum atomic E-state index is 3.77. The Balaban J connectivity index is 1.40. The van der Waals surface area contributed by atoms with Crippen LogP contribution >= 0.6 is 0 Å². The van der Waals surface area contributed by atoms with Crippen LogP contribution in [-0.4, -0.2) is 30.6 Å². The molecule has 114 valence electrons. The second kappa shape index (κ2) is 6.23. The number of hydrogen-bond acceptors (Lipinski definition) is 2. The van der Waals surface area contributed by atoms with E-state index in [-0.39, 0.29) is 0 Å². The van der Waals surface area contributed by atoms with Crippen molar-refractivity contribution in [2.24, 2.45) is 5.92 Å². The second-order valence-electron chi connectivity index (χ2n) is 6.72. The van der Waals surface area contributed by atoms with Gasteiger partial charge in [-0.3, -0.25) is 4.90 Å². The van der Waals surface area contributed by atoms with Gasteiger partial charge in [0.05, 0.1) is 0 Å². The quantitative estimate of drug-likeness (QED) is 0.936. The predicted molar refractivity (Wildman–Crippen MR) is 90.8 cm³/mol. The summed E-state index contributed by atoms with van der Waals surface area (Å²) in [5, 5.41) is 3.77. The number of hydrogen-bond donors (Lipinski definition) is 1. The molecule has 0 radical (unpaired) electrons. The van der Waals surface area contributed by atoms with E-state index in [9.17, 15) is 0 Å². The van der Waals surface area contributed by atoms with Crippen LogP contribution in [0.4, 0.5) is 0 Å². The standard InChI is InChI=1S/C20H24N2/c1-2-6-16(7-3-1)14-22-11-10-21-20(15-22)19-12-17-8-4-5-9-18(17)13-19/h1-9,19-21H,10-15H2/t20-/m0/s1. The molecule has 2 heteroatoms. The largest absolute Gasteiger partial charge is 0.311 e. The molecule has 0 spiro atoms. The van der Waals surface area contributed by atoms with Crippen LogP contribution in [0.15, 0.2) is 54.6 Å². The Morgan fingerprint density at radius 3 is 2.32 bits per heavy atom. The summed E-state index contributed by atoms with van der Waals surface area (Å²) >= 11 is 0. The van der Waals surface area contributed by atoms with Crippen molar-refractivity contribution in [3.63, 3.8) is 0 Å². The molecule has 0 amide bonds. The summed E-state index contributed by atoms with van der Waals surface area (Å²) in [5.74, 6) is 0.760. The van der Waals surface area contributed by atoms with Crippen molar-refractivity contribution in [2.75, 3.05) is 19.6 Å². The van der Waals surface area contributed by atoms with Gasteiger partial charge in [-0.1, -0.05) is 54.6 Å². The molecule has 1 aliphatic carbocycles. The van der Waals surface area contributed by atoms with Crippen LogP contribution in [0.5, 0.6) is 0 Å². The van der Waals surface area contributed by atoms with Gasteiger partial charge in [0.2, 0.25) is 0 Å². The van der Waals surface area contributed by atoms with E-state index in [0.717, 1.165) is 25.6 Å². The Bertz CT molecular complexity index is 598. The first-order chi connectivity index (χ1) is 10.9. The minimum Gasteiger partial charge on any atom is -0.311 e. The van der Waals surface area contributed by atoms with Crippen molar-refractivity contribution in [3.8, 4) is 0 Å². The lowest BCUT2D eigenvalue weighted by Crippen LogP contribution is -2.53. The van der Waals surface area contributed by atoms with Gasteiger partial charge in [-0.25, -0.2) is 0 Å². The zero-order valence-electron chi connectivity index (χ0n) is 13.0. The molecule has 0 saturated carbocycles. The van der Waals surface area contributed by atoms with E-state index in [1.54, 1.807) is 11.1 Å². The molecule has 1 heterocycles. The van der Waals surface area contributed by atoms with Gasteiger partial charge in [0, 0.05) is 32.2 Å². The first kappa shape index (κ1) is 14.0. The van der Waals surface area contributed by atoms with E-state index in [1.165, 1.54) is 24.9 Å². The minimum absolute atomic E-state index is 0.630. The number of piperazine rings is 1. The first-order valence-corrected chi connectivity index (χ1v) is 8.45. The average Bonchev–Trinajstić information content (AvgIpc) is 3.00. The lowest BCUT2D eigenvalue weighted by atomic mass is 9.94. The molecule has 4 rings (SSSR count). The molecule has 0 aromatic heterocycles. The summed E-state index contributed by atoms with van der Waals surface area (Å²) in [7, 11) is 0.